The van der Waals surface area contributed by atoms with E-state index in [2.05, 4.69) is 70.3 Å². The Balaban J connectivity index is 0.000000181. The number of aromatic amines is 4. The molecule has 1 aliphatic rings. The average molecular weight is 1110 g/mol. The number of likely N-dealkylation sites (tertiary alicyclic amines) is 1. The highest BCUT2D eigenvalue weighted by Crippen LogP contribution is 2.37. The highest BCUT2D eigenvalue weighted by molar-refractivity contribution is 6.00. The lowest BCUT2D eigenvalue weighted by Crippen LogP contribution is -2.21. The average Bonchev–Trinajstić information content (AvgIpc) is 4.56. The smallest absolute Gasteiger partial charge is 0.161 e. The monoisotopic (exact) mass is 1110 g/mol. The van der Waals surface area contributed by atoms with E-state index < -0.39 is 11.6 Å². The lowest BCUT2D eigenvalue weighted by atomic mass is 10.0. The van der Waals surface area contributed by atoms with Crippen molar-refractivity contribution < 1.29 is 17.6 Å². The number of hydrogen-bond acceptors (Lipinski definition) is 8. The van der Waals surface area contributed by atoms with Crippen molar-refractivity contribution in [3.63, 3.8) is 0 Å². The zero-order valence-electron chi connectivity index (χ0n) is 46.4. The van der Waals surface area contributed by atoms with Crippen molar-refractivity contribution in [1.29, 1.82) is 0 Å². The SMILES string of the molecule is C=C/C(=C\C(=C/C)c1ncc2[nH]nc(-c3nc4c(-c5ccc(F)cc5)cccc4[nH]3)c2c1F)CN1CCCC1.C=C/C(=C\C(=C/C)c1ncc2[nH]nc(-c3nc4c(-c5ccc(F)cc5)cccc4[nH]3)c2c1F)NC(=C)c1ccccc1.CC. The molecule has 0 spiro atoms. The van der Waals surface area contributed by atoms with E-state index in [0.717, 1.165) is 64.1 Å². The van der Waals surface area contributed by atoms with Gasteiger partial charge in [0, 0.05) is 34.6 Å². The number of H-pyrrole nitrogens is 4. The van der Waals surface area contributed by atoms with Gasteiger partial charge in [-0.2, -0.15) is 10.2 Å². The van der Waals surface area contributed by atoms with Gasteiger partial charge in [-0.1, -0.05) is 131 Å². The molecule has 1 saturated heterocycles. The molecule has 1 aliphatic heterocycles. The van der Waals surface area contributed by atoms with Crippen LogP contribution in [0.1, 0.15) is 57.5 Å². The first-order chi connectivity index (χ1) is 40.5. The minimum atomic E-state index is -0.537. The standard InChI is InChI=1S/C34H26F2N6.C31H28F2N6.C2H6/c1-4-21(18-25(5-2)38-20(3)22-10-7-6-8-11-22)31-30(36)29-28(19-37-31)41-42-33(29)34-39-27-13-9-12-26(32(27)40-34)23-14-16-24(35)17-15-23;1-3-19(18-39-14-5-6-15-39)16-20(4-2)28-27(33)26-25(17-34-28)37-38-30(26)31-35-24-9-7-8-23(29(24)36-31)21-10-12-22(32)13-11-21;1-2/h4-19,38H,2-3H2,1H3,(H,39,40)(H,41,42);3-4,7-13,16-17H,1,5-6,14-15,18H2,2H3,(H,35,36)(H,37,38);1-2H3/b21-4+,25-18+;19-16+,20-4+;. The summed E-state index contributed by atoms with van der Waals surface area (Å²) in [5.41, 5.74) is 12.7. The summed E-state index contributed by atoms with van der Waals surface area (Å²) in [6.45, 7) is 22.6. The fourth-order valence-electron chi connectivity index (χ4n) is 10.1. The Bertz CT molecular complexity index is 4300. The summed E-state index contributed by atoms with van der Waals surface area (Å²) >= 11 is 0. The van der Waals surface area contributed by atoms with Crippen molar-refractivity contribution in [1.82, 2.24) is 60.5 Å². The molecule has 83 heavy (non-hydrogen) atoms. The summed E-state index contributed by atoms with van der Waals surface area (Å²) in [6, 6.07) is 33.6. The van der Waals surface area contributed by atoms with Crippen LogP contribution < -0.4 is 5.32 Å². The second kappa shape index (κ2) is 25.2. The predicted molar refractivity (Wildman–Crippen MR) is 328 cm³/mol. The molecule has 6 aromatic heterocycles. The number of rotatable bonds is 15. The van der Waals surface area contributed by atoms with E-state index in [-0.39, 0.29) is 28.4 Å². The number of fused-ring (bicyclic) bond motifs is 4. The molecule has 12 nitrogen and oxygen atoms in total. The van der Waals surface area contributed by atoms with Crippen molar-refractivity contribution in [3.8, 4) is 45.3 Å². The van der Waals surface area contributed by atoms with Crippen molar-refractivity contribution >= 4 is 60.7 Å². The number of benzene rings is 5. The van der Waals surface area contributed by atoms with Gasteiger partial charge in [-0.15, -0.1) is 0 Å². The second-order valence-corrected chi connectivity index (χ2v) is 19.3. The van der Waals surface area contributed by atoms with E-state index in [1.165, 1.54) is 37.1 Å². The molecule has 0 radical (unpaired) electrons. The van der Waals surface area contributed by atoms with E-state index >= 15 is 8.78 Å². The van der Waals surface area contributed by atoms with Crippen molar-refractivity contribution in [2.45, 2.75) is 40.5 Å². The molecule has 5 N–H and O–H groups in total. The predicted octanol–water partition coefficient (Wildman–Crippen LogP) is 16.3. The Labute approximate surface area is 477 Å². The number of nitrogens with zero attached hydrogens (tertiary/aromatic N) is 7. The van der Waals surface area contributed by atoms with E-state index in [4.69, 9.17) is 9.97 Å². The highest BCUT2D eigenvalue weighted by atomic mass is 19.1. The molecule has 0 amide bonds. The maximum atomic E-state index is 16.3. The van der Waals surface area contributed by atoms with Gasteiger partial charge in [-0.25, -0.2) is 27.5 Å². The van der Waals surface area contributed by atoms with Crippen LogP contribution in [0.2, 0.25) is 0 Å². The molecular weight excluding hydrogens is 1050 g/mol. The molecule has 7 heterocycles. The maximum absolute atomic E-state index is 16.3. The minimum absolute atomic E-state index is 0.155. The topological polar surface area (TPSA) is 156 Å². The Morgan fingerprint density at radius 3 is 1.53 bits per heavy atom. The molecule has 11 aromatic rings. The van der Waals surface area contributed by atoms with Gasteiger partial charge in [-0.3, -0.25) is 25.1 Å². The number of para-hydroxylation sites is 2. The molecule has 1 fully saturated rings. The first-order valence-electron chi connectivity index (χ1n) is 27.3. The molecule has 0 aliphatic carbocycles. The Kier molecular flexibility index (Phi) is 17.0. The first kappa shape index (κ1) is 56.2. The first-order valence-corrected chi connectivity index (χ1v) is 27.3. The van der Waals surface area contributed by atoms with E-state index in [1.807, 2.05) is 113 Å². The normalized spacial score (nSPS) is 13.3. The summed E-state index contributed by atoms with van der Waals surface area (Å²) < 4.78 is 59.5. The largest absolute Gasteiger partial charge is 0.356 e. The van der Waals surface area contributed by atoms with Gasteiger partial charge in [0.15, 0.2) is 23.3 Å². The number of halogens is 4. The number of imidazole rings is 2. The Hall–Kier alpha value is -10.1. The molecule has 0 unspecified atom stereocenters. The van der Waals surface area contributed by atoms with Crippen molar-refractivity contribution in [2.24, 2.45) is 0 Å². The fourth-order valence-corrected chi connectivity index (χ4v) is 10.1. The fraction of sp³-hybridized carbons (Fsp3) is 0.134. The van der Waals surface area contributed by atoms with Crippen LogP contribution in [-0.4, -0.2) is 74.8 Å². The van der Waals surface area contributed by atoms with Crippen LogP contribution in [0.25, 0.3) is 106 Å². The maximum Gasteiger partial charge on any atom is 0.161 e. The number of allylic oxidation sites excluding steroid dienone is 7. The zero-order chi connectivity index (χ0) is 58.1. The molecule has 0 saturated carbocycles. The van der Waals surface area contributed by atoms with Crippen LogP contribution in [-0.2, 0) is 0 Å². The zero-order valence-corrected chi connectivity index (χ0v) is 46.4. The number of hydrogen-bond donors (Lipinski definition) is 5. The van der Waals surface area contributed by atoms with Crippen molar-refractivity contribution in [2.75, 3.05) is 19.6 Å². The number of pyridine rings is 2. The molecule has 0 atom stereocenters. The van der Waals surface area contributed by atoms with E-state index in [0.29, 0.717) is 73.0 Å². The van der Waals surface area contributed by atoms with Gasteiger partial charge in [0.1, 0.15) is 34.4 Å². The lowest BCUT2D eigenvalue weighted by molar-refractivity contribution is 0.371. The molecular formula is C67H60F4N12. The molecule has 5 aromatic carbocycles. The summed E-state index contributed by atoms with van der Waals surface area (Å²) in [5, 5.41) is 18.4. The summed E-state index contributed by atoms with van der Waals surface area (Å²) in [7, 11) is 0. The van der Waals surface area contributed by atoms with Gasteiger partial charge in [0.25, 0.3) is 0 Å². The second-order valence-electron chi connectivity index (χ2n) is 19.3. The van der Waals surface area contributed by atoms with Gasteiger partial charge >= 0.3 is 0 Å². The van der Waals surface area contributed by atoms with Gasteiger partial charge in [0.05, 0.1) is 56.3 Å². The highest BCUT2D eigenvalue weighted by Gasteiger charge is 2.24. The third kappa shape index (κ3) is 11.8. The van der Waals surface area contributed by atoms with Gasteiger partial charge < -0.3 is 15.3 Å². The lowest BCUT2D eigenvalue weighted by Gasteiger charge is -2.15. The molecule has 12 rings (SSSR count). The molecule has 0 bridgehead atoms. The third-order valence-corrected chi connectivity index (χ3v) is 14.2. The van der Waals surface area contributed by atoms with Crippen LogP contribution in [0, 0.1) is 23.3 Å². The van der Waals surface area contributed by atoms with Crippen LogP contribution in [0.15, 0.2) is 195 Å². The number of nitrogens with one attached hydrogen (secondary N) is 5. The van der Waals surface area contributed by atoms with Gasteiger partial charge in [-0.05, 0) is 122 Å². The van der Waals surface area contributed by atoms with E-state index in [1.54, 1.807) is 54.9 Å². The van der Waals surface area contributed by atoms with Crippen molar-refractivity contribution in [3.05, 3.63) is 235 Å². The summed E-state index contributed by atoms with van der Waals surface area (Å²) in [5.74, 6) is -0.797. The van der Waals surface area contributed by atoms with E-state index in [9.17, 15) is 8.78 Å². The summed E-state index contributed by atoms with van der Waals surface area (Å²) in [4.78, 5) is 27.4. The Morgan fingerprint density at radius 2 is 1.07 bits per heavy atom. The van der Waals surface area contributed by atoms with Crippen LogP contribution in [0.4, 0.5) is 17.6 Å². The Morgan fingerprint density at radius 1 is 0.590 bits per heavy atom. The quantitative estimate of drug-likeness (QED) is 0.0502. The van der Waals surface area contributed by atoms with Crippen LogP contribution in [0.3, 0.4) is 0 Å². The number of aromatic nitrogens is 10. The van der Waals surface area contributed by atoms with Crippen LogP contribution >= 0.6 is 0 Å². The minimum Gasteiger partial charge on any atom is -0.356 e. The third-order valence-electron chi connectivity index (χ3n) is 14.2. The molecule has 16 heteroatoms. The van der Waals surface area contributed by atoms with Gasteiger partial charge in [0.2, 0.25) is 0 Å². The summed E-state index contributed by atoms with van der Waals surface area (Å²) in [6.07, 6.45) is 16.4. The van der Waals surface area contributed by atoms with Crippen LogP contribution in [0.5, 0.6) is 0 Å². The molecule has 416 valence electrons.